The lowest BCUT2D eigenvalue weighted by molar-refractivity contribution is -0.112. The number of carbonyl (C=O) groups is 2. The van der Waals surface area contributed by atoms with E-state index < -0.39 is 11.9 Å². The van der Waals surface area contributed by atoms with Crippen molar-refractivity contribution in [3.8, 4) is 6.07 Å². The Morgan fingerprint density at radius 3 is 2.48 bits per heavy atom. The molecular formula is C21H21N3O3. The summed E-state index contributed by atoms with van der Waals surface area (Å²) in [6, 6.07) is 14.0. The topological polar surface area (TPSA) is 102 Å². The monoisotopic (exact) mass is 363 g/mol. The zero-order chi connectivity index (χ0) is 19.8. The van der Waals surface area contributed by atoms with E-state index in [0.29, 0.717) is 6.54 Å². The van der Waals surface area contributed by atoms with E-state index in [1.807, 2.05) is 38.1 Å². The number of carboxylic acids is 1. The van der Waals surface area contributed by atoms with Crippen molar-refractivity contribution in [2.45, 2.75) is 26.8 Å². The van der Waals surface area contributed by atoms with E-state index in [-0.39, 0.29) is 11.1 Å². The first kappa shape index (κ1) is 19.7. The van der Waals surface area contributed by atoms with Gasteiger partial charge >= 0.3 is 5.97 Å². The second kappa shape index (κ2) is 9.20. The number of nitrogens with zero attached hydrogens (tertiary/aromatic N) is 1. The lowest BCUT2D eigenvalue weighted by atomic mass is 10.1. The summed E-state index contributed by atoms with van der Waals surface area (Å²) in [5.41, 5.74) is 3.67. The predicted molar refractivity (Wildman–Crippen MR) is 103 cm³/mol. The Labute approximate surface area is 158 Å². The third-order valence-electron chi connectivity index (χ3n) is 4.10. The standard InChI is InChI=1S/C21H21N3O3/c1-3-16-6-4-5-14(2)19(16)24-20(25)18(11-22)13-23-12-15-7-9-17(10-8-15)21(26)27/h4-10,13,23H,3,12H2,1-2H3,(H,24,25)(H,26,27)/b18-13-. The summed E-state index contributed by atoms with van der Waals surface area (Å²) in [4.78, 5) is 23.3. The van der Waals surface area contributed by atoms with Crippen molar-refractivity contribution in [3.63, 3.8) is 0 Å². The minimum absolute atomic E-state index is 0.0394. The van der Waals surface area contributed by atoms with Crippen molar-refractivity contribution in [2.24, 2.45) is 0 Å². The quantitative estimate of drug-likeness (QED) is 0.517. The third kappa shape index (κ3) is 5.19. The third-order valence-corrected chi connectivity index (χ3v) is 4.10. The number of carbonyl (C=O) groups excluding carboxylic acids is 1. The number of para-hydroxylation sites is 1. The van der Waals surface area contributed by atoms with Gasteiger partial charge in [-0.25, -0.2) is 4.79 Å². The number of nitrogens with one attached hydrogen (secondary N) is 2. The van der Waals surface area contributed by atoms with Gasteiger partial charge in [0.2, 0.25) is 0 Å². The van der Waals surface area contributed by atoms with Gasteiger partial charge in [0.15, 0.2) is 0 Å². The minimum Gasteiger partial charge on any atom is -0.478 e. The summed E-state index contributed by atoms with van der Waals surface area (Å²) in [7, 11) is 0. The fourth-order valence-corrected chi connectivity index (χ4v) is 2.57. The average Bonchev–Trinajstić information content (AvgIpc) is 2.67. The molecule has 0 spiro atoms. The maximum Gasteiger partial charge on any atom is 0.335 e. The van der Waals surface area contributed by atoms with Crippen LogP contribution in [0.15, 0.2) is 54.2 Å². The zero-order valence-corrected chi connectivity index (χ0v) is 15.2. The summed E-state index contributed by atoms with van der Waals surface area (Å²) >= 11 is 0. The smallest absolute Gasteiger partial charge is 0.335 e. The SMILES string of the molecule is CCc1cccc(C)c1NC(=O)/C(C#N)=C\NCc1ccc(C(=O)O)cc1. The largest absolute Gasteiger partial charge is 0.478 e. The molecule has 6 nitrogen and oxygen atoms in total. The van der Waals surface area contributed by atoms with E-state index in [9.17, 15) is 14.9 Å². The first-order valence-electron chi connectivity index (χ1n) is 8.52. The highest BCUT2D eigenvalue weighted by molar-refractivity contribution is 6.07. The van der Waals surface area contributed by atoms with Gasteiger partial charge in [-0.05, 0) is 42.2 Å². The molecule has 27 heavy (non-hydrogen) atoms. The molecule has 138 valence electrons. The predicted octanol–water partition coefficient (Wildman–Crippen LogP) is 3.39. The number of hydrogen-bond donors (Lipinski definition) is 3. The molecule has 0 unspecified atom stereocenters. The second-order valence-electron chi connectivity index (χ2n) is 5.97. The number of rotatable bonds is 7. The van der Waals surface area contributed by atoms with E-state index in [1.165, 1.54) is 18.3 Å². The van der Waals surface area contributed by atoms with Crippen LogP contribution in [-0.4, -0.2) is 17.0 Å². The van der Waals surface area contributed by atoms with Crippen LogP contribution in [0, 0.1) is 18.3 Å². The number of hydrogen-bond acceptors (Lipinski definition) is 4. The van der Waals surface area contributed by atoms with Gasteiger partial charge in [-0.15, -0.1) is 0 Å². The molecule has 0 bridgehead atoms. The first-order chi connectivity index (χ1) is 13.0. The molecule has 0 heterocycles. The van der Waals surface area contributed by atoms with Gasteiger partial charge in [-0.2, -0.15) is 5.26 Å². The summed E-state index contributed by atoms with van der Waals surface area (Å²) in [5, 5.41) is 23.9. The van der Waals surface area contributed by atoms with Crippen LogP contribution in [0.1, 0.15) is 34.0 Å². The summed E-state index contributed by atoms with van der Waals surface area (Å²) in [6.45, 7) is 4.27. The number of aryl methyl sites for hydroxylation is 2. The van der Waals surface area contributed by atoms with Crippen LogP contribution >= 0.6 is 0 Å². The Morgan fingerprint density at radius 2 is 1.89 bits per heavy atom. The van der Waals surface area contributed by atoms with E-state index in [0.717, 1.165) is 28.8 Å². The minimum atomic E-state index is -0.986. The van der Waals surface area contributed by atoms with Crippen LogP contribution in [0.25, 0.3) is 0 Å². The van der Waals surface area contributed by atoms with Crippen LogP contribution in [0.4, 0.5) is 5.69 Å². The lowest BCUT2D eigenvalue weighted by Crippen LogP contribution is -2.18. The number of carboxylic acid groups (broad SMARTS) is 1. The van der Waals surface area contributed by atoms with Crippen molar-refractivity contribution in [2.75, 3.05) is 5.32 Å². The Hall–Kier alpha value is -3.59. The lowest BCUT2D eigenvalue weighted by Gasteiger charge is -2.12. The average molecular weight is 363 g/mol. The van der Waals surface area contributed by atoms with E-state index in [4.69, 9.17) is 5.11 Å². The van der Waals surface area contributed by atoms with Gasteiger partial charge in [-0.1, -0.05) is 37.3 Å². The highest BCUT2D eigenvalue weighted by atomic mass is 16.4. The van der Waals surface area contributed by atoms with E-state index in [1.54, 1.807) is 12.1 Å². The number of benzene rings is 2. The molecule has 0 saturated carbocycles. The summed E-state index contributed by atoms with van der Waals surface area (Å²) < 4.78 is 0. The van der Waals surface area contributed by atoms with Crippen molar-refractivity contribution >= 4 is 17.6 Å². The van der Waals surface area contributed by atoms with Crippen LogP contribution in [0.3, 0.4) is 0 Å². The van der Waals surface area contributed by atoms with Gasteiger partial charge in [0.25, 0.3) is 5.91 Å². The molecular weight excluding hydrogens is 342 g/mol. The van der Waals surface area contributed by atoms with Crippen LogP contribution in [0.2, 0.25) is 0 Å². The van der Waals surface area contributed by atoms with E-state index in [2.05, 4.69) is 10.6 Å². The Kier molecular flexibility index (Phi) is 6.73. The van der Waals surface area contributed by atoms with Crippen LogP contribution < -0.4 is 10.6 Å². The molecule has 2 aromatic carbocycles. The fourth-order valence-electron chi connectivity index (χ4n) is 2.57. The summed E-state index contributed by atoms with van der Waals surface area (Å²) in [5.74, 6) is -1.46. The van der Waals surface area contributed by atoms with Gasteiger partial charge in [-0.3, -0.25) is 4.79 Å². The first-order valence-corrected chi connectivity index (χ1v) is 8.52. The maximum atomic E-state index is 12.4. The molecule has 0 aliphatic carbocycles. The zero-order valence-electron chi connectivity index (χ0n) is 15.2. The molecule has 0 aliphatic rings. The van der Waals surface area contributed by atoms with Gasteiger partial charge < -0.3 is 15.7 Å². The molecule has 0 aromatic heterocycles. The molecule has 0 radical (unpaired) electrons. The Morgan fingerprint density at radius 1 is 1.19 bits per heavy atom. The molecule has 0 fully saturated rings. The number of nitriles is 1. The number of amides is 1. The normalized spacial score (nSPS) is 10.8. The van der Waals surface area contributed by atoms with Crippen molar-refractivity contribution < 1.29 is 14.7 Å². The maximum absolute atomic E-state index is 12.4. The Bertz CT molecular complexity index is 909. The van der Waals surface area contributed by atoms with Gasteiger partial charge in [0.05, 0.1) is 5.56 Å². The molecule has 2 aromatic rings. The molecule has 2 rings (SSSR count). The van der Waals surface area contributed by atoms with Crippen LogP contribution in [0.5, 0.6) is 0 Å². The molecule has 0 atom stereocenters. The van der Waals surface area contributed by atoms with Gasteiger partial charge in [0.1, 0.15) is 11.6 Å². The summed E-state index contributed by atoms with van der Waals surface area (Å²) in [6.07, 6.45) is 2.14. The number of aromatic carboxylic acids is 1. The molecule has 1 amide bonds. The highest BCUT2D eigenvalue weighted by Gasteiger charge is 2.13. The Balaban J connectivity index is 2.04. The second-order valence-corrected chi connectivity index (χ2v) is 5.97. The highest BCUT2D eigenvalue weighted by Crippen LogP contribution is 2.21. The molecule has 0 saturated heterocycles. The van der Waals surface area contributed by atoms with Crippen molar-refractivity contribution in [1.82, 2.24) is 5.32 Å². The number of anilines is 1. The van der Waals surface area contributed by atoms with Crippen molar-refractivity contribution in [3.05, 3.63) is 76.5 Å². The van der Waals surface area contributed by atoms with Gasteiger partial charge in [0, 0.05) is 18.4 Å². The van der Waals surface area contributed by atoms with E-state index >= 15 is 0 Å². The fraction of sp³-hybridized carbons (Fsp3) is 0.190. The molecule has 3 N–H and O–H groups in total. The molecule has 6 heteroatoms. The van der Waals surface area contributed by atoms with Crippen LogP contribution in [-0.2, 0) is 17.8 Å². The molecule has 0 aliphatic heterocycles. The van der Waals surface area contributed by atoms with Crippen molar-refractivity contribution in [1.29, 1.82) is 5.26 Å².